The first kappa shape index (κ1) is 16.6. The Morgan fingerprint density at radius 1 is 1.08 bits per heavy atom. The number of pyridine rings is 2. The molecule has 1 aliphatic rings. The Morgan fingerprint density at radius 2 is 1.88 bits per heavy atom. The molecular formula is C18H15BrN4S2. The van der Waals surface area contributed by atoms with E-state index in [-0.39, 0.29) is 12.1 Å². The van der Waals surface area contributed by atoms with Gasteiger partial charge in [0.2, 0.25) is 0 Å². The molecular weight excluding hydrogens is 416 g/mol. The Labute approximate surface area is 164 Å². The lowest BCUT2D eigenvalue weighted by Gasteiger charge is -2.26. The van der Waals surface area contributed by atoms with E-state index in [1.54, 1.807) is 11.3 Å². The molecule has 4 heterocycles. The van der Waals surface area contributed by atoms with Gasteiger partial charge in [-0.3, -0.25) is 9.97 Å². The first-order valence-electron chi connectivity index (χ1n) is 7.85. The zero-order valence-corrected chi connectivity index (χ0v) is 16.4. The van der Waals surface area contributed by atoms with Crippen molar-refractivity contribution in [3.63, 3.8) is 0 Å². The lowest BCUT2D eigenvalue weighted by molar-refractivity contribution is 0.312. The van der Waals surface area contributed by atoms with Crippen LogP contribution in [0.5, 0.6) is 0 Å². The third-order valence-electron chi connectivity index (χ3n) is 4.14. The van der Waals surface area contributed by atoms with Gasteiger partial charge in [-0.2, -0.15) is 0 Å². The van der Waals surface area contributed by atoms with Crippen LogP contribution in [0.15, 0.2) is 64.7 Å². The van der Waals surface area contributed by atoms with Crippen LogP contribution < -0.4 is 5.32 Å². The molecule has 25 heavy (non-hydrogen) atoms. The van der Waals surface area contributed by atoms with Gasteiger partial charge in [-0.15, -0.1) is 11.3 Å². The van der Waals surface area contributed by atoms with Gasteiger partial charge in [0.15, 0.2) is 5.11 Å². The number of aromatic nitrogens is 2. The Kier molecular flexibility index (Phi) is 4.78. The second-order valence-corrected chi connectivity index (χ2v) is 8.60. The molecule has 0 aliphatic carbocycles. The van der Waals surface area contributed by atoms with E-state index in [1.165, 1.54) is 4.88 Å². The summed E-state index contributed by atoms with van der Waals surface area (Å²) >= 11 is 11.0. The summed E-state index contributed by atoms with van der Waals surface area (Å²) in [6.45, 7) is 0.663. The average molecular weight is 431 g/mol. The molecule has 0 spiro atoms. The number of nitrogens with one attached hydrogen (secondary N) is 1. The van der Waals surface area contributed by atoms with Crippen molar-refractivity contribution >= 4 is 44.6 Å². The predicted octanol–water partition coefficient (Wildman–Crippen LogP) is 4.47. The Bertz CT molecular complexity index is 869. The number of rotatable bonds is 4. The van der Waals surface area contributed by atoms with Gasteiger partial charge in [-0.1, -0.05) is 12.1 Å². The van der Waals surface area contributed by atoms with Crippen molar-refractivity contribution < 1.29 is 0 Å². The van der Waals surface area contributed by atoms with Crippen LogP contribution in [0, 0.1) is 0 Å². The minimum absolute atomic E-state index is 0.0166. The highest BCUT2D eigenvalue weighted by molar-refractivity contribution is 9.11. The molecule has 7 heteroatoms. The molecule has 4 rings (SSSR count). The van der Waals surface area contributed by atoms with Gasteiger partial charge in [0.05, 0.1) is 33.8 Å². The molecule has 1 aliphatic heterocycles. The predicted molar refractivity (Wildman–Crippen MR) is 107 cm³/mol. The monoisotopic (exact) mass is 430 g/mol. The molecule has 126 valence electrons. The zero-order chi connectivity index (χ0) is 17.2. The topological polar surface area (TPSA) is 41.1 Å². The molecule has 0 bridgehead atoms. The van der Waals surface area contributed by atoms with E-state index < -0.39 is 0 Å². The molecule has 1 N–H and O–H groups in total. The molecule has 3 aromatic heterocycles. The van der Waals surface area contributed by atoms with Gasteiger partial charge in [-0.25, -0.2) is 0 Å². The number of halogens is 1. The van der Waals surface area contributed by atoms with E-state index in [4.69, 9.17) is 12.2 Å². The number of nitrogens with zero attached hydrogens (tertiary/aromatic N) is 3. The molecule has 0 saturated carbocycles. The maximum atomic E-state index is 5.65. The molecule has 3 aromatic rings. The number of thiocarbonyl (C=S) groups is 1. The first-order chi connectivity index (χ1) is 12.2. The second kappa shape index (κ2) is 7.19. The Balaban J connectivity index is 1.72. The van der Waals surface area contributed by atoms with E-state index >= 15 is 0 Å². The SMILES string of the molecule is S=C1NC(c2ccccn2)C(c2ccc(Br)s2)N1Cc1ccccn1. The lowest BCUT2D eigenvalue weighted by Crippen LogP contribution is -2.29. The molecule has 2 unspecified atom stereocenters. The van der Waals surface area contributed by atoms with Crippen molar-refractivity contribution in [2.45, 2.75) is 18.6 Å². The fraction of sp³-hybridized carbons (Fsp3) is 0.167. The van der Waals surface area contributed by atoms with Crippen LogP contribution in [0.4, 0.5) is 0 Å². The van der Waals surface area contributed by atoms with Crippen LogP contribution in [0.25, 0.3) is 0 Å². The Hall–Kier alpha value is -1.83. The van der Waals surface area contributed by atoms with Crippen LogP contribution in [-0.2, 0) is 6.54 Å². The van der Waals surface area contributed by atoms with Gasteiger partial charge in [-0.05, 0) is 64.5 Å². The molecule has 1 fully saturated rings. The number of hydrogen-bond donors (Lipinski definition) is 1. The van der Waals surface area contributed by atoms with Crippen molar-refractivity contribution in [3.05, 3.63) is 81.0 Å². The van der Waals surface area contributed by atoms with Crippen LogP contribution in [0.1, 0.15) is 28.3 Å². The number of thiophene rings is 1. The summed E-state index contributed by atoms with van der Waals surface area (Å²) in [4.78, 5) is 12.5. The van der Waals surface area contributed by atoms with Crippen LogP contribution in [0.2, 0.25) is 0 Å². The normalized spacial score (nSPS) is 19.9. The van der Waals surface area contributed by atoms with Gasteiger partial charge < -0.3 is 10.2 Å². The van der Waals surface area contributed by atoms with Crippen LogP contribution in [0.3, 0.4) is 0 Å². The number of hydrogen-bond acceptors (Lipinski definition) is 4. The van der Waals surface area contributed by atoms with Gasteiger partial charge in [0, 0.05) is 17.3 Å². The van der Waals surface area contributed by atoms with Gasteiger partial charge in [0.25, 0.3) is 0 Å². The van der Waals surface area contributed by atoms with Crippen molar-refractivity contribution in [1.82, 2.24) is 20.2 Å². The van der Waals surface area contributed by atoms with E-state index in [0.717, 1.165) is 20.3 Å². The fourth-order valence-corrected chi connectivity index (χ4v) is 4.92. The highest BCUT2D eigenvalue weighted by Gasteiger charge is 2.40. The van der Waals surface area contributed by atoms with E-state index in [1.807, 2.05) is 48.8 Å². The lowest BCUT2D eigenvalue weighted by atomic mass is 10.0. The summed E-state index contributed by atoms with van der Waals surface area (Å²) in [6, 6.07) is 16.3. The fourth-order valence-electron chi connectivity index (χ4n) is 3.04. The summed E-state index contributed by atoms with van der Waals surface area (Å²) in [5.41, 5.74) is 1.98. The minimum atomic E-state index is 0.0166. The van der Waals surface area contributed by atoms with Crippen molar-refractivity contribution in [3.8, 4) is 0 Å². The van der Waals surface area contributed by atoms with E-state index in [9.17, 15) is 0 Å². The highest BCUT2D eigenvalue weighted by Crippen LogP contribution is 2.42. The first-order valence-corrected chi connectivity index (χ1v) is 9.87. The van der Waals surface area contributed by atoms with Crippen molar-refractivity contribution in [2.75, 3.05) is 0 Å². The van der Waals surface area contributed by atoms with Crippen LogP contribution in [-0.4, -0.2) is 20.0 Å². The zero-order valence-electron chi connectivity index (χ0n) is 13.2. The molecule has 1 saturated heterocycles. The second-order valence-electron chi connectivity index (χ2n) is 5.72. The largest absolute Gasteiger partial charge is 0.352 e. The minimum Gasteiger partial charge on any atom is -0.352 e. The molecule has 0 aromatic carbocycles. The van der Waals surface area contributed by atoms with Crippen molar-refractivity contribution in [1.29, 1.82) is 0 Å². The Morgan fingerprint density at radius 3 is 2.52 bits per heavy atom. The van der Waals surface area contributed by atoms with Crippen molar-refractivity contribution in [2.24, 2.45) is 0 Å². The quantitative estimate of drug-likeness (QED) is 0.618. The maximum Gasteiger partial charge on any atom is 0.170 e. The van der Waals surface area contributed by atoms with E-state index in [2.05, 4.69) is 48.2 Å². The third kappa shape index (κ3) is 3.44. The summed E-state index contributed by atoms with van der Waals surface area (Å²) in [5, 5.41) is 4.19. The van der Waals surface area contributed by atoms with Gasteiger partial charge >= 0.3 is 0 Å². The molecule has 0 amide bonds. The standard InChI is InChI=1S/C18H15BrN4S2/c19-15-8-7-14(25-15)17-16(13-6-2-4-10-21-13)22-18(24)23(17)11-12-5-1-3-9-20-12/h1-10,16-17H,11H2,(H,22,24). The smallest absolute Gasteiger partial charge is 0.170 e. The summed E-state index contributed by atoms with van der Waals surface area (Å²) in [7, 11) is 0. The molecule has 0 radical (unpaired) electrons. The maximum absolute atomic E-state index is 5.65. The van der Waals surface area contributed by atoms with Crippen LogP contribution >= 0.6 is 39.5 Å². The molecule has 4 nitrogen and oxygen atoms in total. The average Bonchev–Trinajstić information content (AvgIpc) is 3.20. The van der Waals surface area contributed by atoms with E-state index in [0.29, 0.717) is 6.54 Å². The summed E-state index contributed by atoms with van der Waals surface area (Å²) in [5.74, 6) is 0. The summed E-state index contributed by atoms with van der Waals surface area (Å²) < 4.78 is 1.11. The summed E-state index contributed by atoms with van der Waals surface area (Å²) in [6.07, 6.45) is 3.64. The highest BCUT2D eigenvalue weighted by atomic mass is 79.9. The van der Waals surface area contributed by atoms with Gasteiger partial charge in [0.1, 0.15) is 0 Å². The third-order valence-corrected chi connectivity index (χ3v) is 6.19. The molecule has 2 atom stereocenters.